The fourth-order valence-corrected chi connectivity index (χ4v) is 4.81. The van der Waals surface area contributed by atoms with Crippen molar-refractivity contribution in [3.05, 3.63) is 69.3 Å². The molecule has 2 N–H and O–H groups in total. The standard InChI is InChI=1S/C18H17ClF3N5O2S/c1-8-4-5-12(20)15(9(8)2)10(3)16(18-23-26-27-24-18)25-30(28,29)17-13(21)6-11(19)7-14(17)22/h4-7,10,16,25H,1-3H3,(H,23,24,26,27). The minimum Gasteiger partial charge on any atom is -0.207 e. The number of hydrogen-bond donors (Lipinski definition) is 2. The summed E-state index contributed by atoms with van der Waals surface area (Å²) < 4.78 is 71.0. The second-order valence-corrected chi connectivity index (χ2v) is 8.85. The molecule has 7 nitrogen and oxygen atoms in total. The van der Waals surface area contributed by atoms with Crippen molar-refractivity contribution in [2.24, 2.45) is 0 Å². The van der Waals surface area contributed by atoms with Gasteiger partial charge in [0.15, 0.2) is 10.7 Å². The van der Waals surface area contributed by atoms with Crippen LogP contribution in [0.25, 0.3) is 0 Å². The minimum absolute atomic E-state index is 0.124. The Labute approximate surface area is 175 Å². The van der Waals surface area contributed by atoms with Crippen molar-refractivity contribution >= 4 is 21.6 Å². The van der Waals surface area contributed by atoms with Gasteiger partial charge in [-0.15, -0.1) is 10.2 Å². The maximum absolute atomic E-state index is 14.6. The number of halogens is 4. The van der Waals surface area contributed by atoms with Crippen LogP contribution in [0.5, 0.6) is 0 Å². The second-order valence-electron chi connectivity index (χ2n) is 6.76. The Hall–Kier alpha value is -2.50. The molecule has 160 valence electrons. The van der Waals surface area contributed by atoms with Crippen LogP contribution < -0.4 is 4.72 Å². The van der Waals surface area contributed by atoms with Gasteiger partial charge in [-0.2, -0.15) is 9.94 Å². The molecule has 3 rings (SSSR count). The largest absolute Gasteiger partial charge is 0.247 e. The fraction of sp³-hybridized carbons (Fsp3) is 0.278. The smallest absolute Gasteiger partial charge is 0.207 e. The van der Waals surface area contributed by atoms with Crippen molar-refractivity contribution in [1.29, 1.82) is 0 Å². The number of sulfonamides is 1. The summed E-state index contributed by atoms with van der Waals surface area (Å²) in [6.07, 6.45) is 0. The van der Waals surface area contributed by atoms with E-state index in [1.807, 2.05) is 0 Å². The summed E-state index contributed by atoms with van der Waals surface area (Å²) in [5.41, 5.74) is 1.59. The van der Waals surface area contributed by atoms with E-state index in [0.717, 1.165) is 5.56 Å². The molecule has 0 saturated carbocycles. The normalized spacial score (nSPS) is 14.0. The summed E-state index contributed by atoms with van der Waals surface area (Å²) in [5, 5.41) is 12.8. The van der Waals surface area contributed by atoms with Crippen molar-refractivity contribution in [3.63, 3.8) is 0 Å². The number of nitrogens with one attached hydrogen (secondary N) is 2. The summed E-state index contributed by atoms with van der Waals surface area (Å²) in [7, 11) is -4.76. The highest BCUT2D eigenvalue weighted by Gasteiger charge is 2.35. The third-order valence-electron chi connectivity index (χ3n) is 4.84. The molecule has 0 saturated heterocycles. The zero-order valence-electron chi connectivity index (χ0n) is 16.0. The van der Waals surface area contributed by atoms with Crippen LogP contribution in [0.3, 0.4) is 0 Å². The van der Waals surface area contributed by atoms with Crippen LogP contribution in [0.2, 0.25) is 5.02 Å². The maximum atomic E-state index is 14.6. The molecule has 30 heavy (non-hydrogen) atoms. The minimum atomic E-state index is -4.76. The molecule has 0 aliphatic carbocycles. The third-order valence-corrected chi connectivity index (χ3v) is 6.55. The monoisotopic (exact) mass is 459 g/mol. The lowest BCUT2D eigenvalue weighted by molar-refractivity contribution is 0.467. The van der Waals surface area contributed by atoms with Crippen LogP contribution in [-0.2, 0) is 10.0 Å². The Morgan fingerprint density at radius 1 is 1.10 bits per heavy atom. The van der Waals surface area contributed by atoms with Gasteiger partial charge in [0.05, 0.1) is 6.04 Å². The lowest BCUT2D eigenvalue weighted by atomic mass is 9.88. The molecule has 0 fully saturated rings. The van der Waals surface area contributed by atoms with Gasteiger partial charge in [0, 0.05) is 10.9 Å². The van der Waals surface area contributed by atoms with Gasteiger partial charge in [0.1, 0.15) is 17.5 Å². The zero-order valence-corrected chi connectivity index (χ0v) is 17.6. The molecule has 0 aliphatic rings. The first-order valence-electron chi connectivity index (χ1n) is 8.68. The Morgan fingerprint density at radius 3 is 2.30 bits per heavy atom. The quantitative estimate of drug-likeness (QED) is 0.585. The van der Waals surface area contributed by atoms with Crippen molar-refractivity contribution in [2.45, 2.75) is 37.6 Å². The van der Waals surface area contributed by atoms with Gasteiger partial charge >= 0.3 is 0 Å². The van der Waals surface area contributed by atoms with Crippen molar-refractivity contribution < 1.29 is 21.6 Å². The Kier molecular flexibility index (Phi) is 6.16. The number of aryl methyl sites for hydroxylation is 1. The molecule has 3 aromatic rings. The predicted octanol–water partition coefficient (Wildman–Crippen LogP) is 3.71. The number of aromatic nitrogens is 4. The first-order chi connectivity index (χ1) is 14.0. The molecular weight excluding hydrogens is 443 g/mol. The summed E-state index contributed by atoms with van der Waals surface area (Å²) in [4.78, 5) is -1.21. The Morgan fingerprint density at radius 2 is 1.73 bits per heavy atom. The van der Waals surface area contributed by atoms with E-state index in [2.05, 4.69) is 25.3 Å². The molecule has 0 spiro atoms. The van der Waals surface area contributed by atoms with Gasteiger partial charge in [0.2, 0.25) is 10.0 Å². The predicted molar refractivity (Wildman–Crippen MR) is 103 cm³/mol. The lowest BCUT2D eigenvalue weighted by Crippen LogP contribution is -2.34. The molecule has 2 unspecified atom stereocenters. The number of tetrazole rings is 1. The topological polar surface area (TPSA) is 101 Å². The van der Waals surface area contributed by atoms with Crippen LogP contribution >= 0.6 is 11.6 Å². The SMILES string of the molecule is Cc1ccc(F)c(C(C)C(NS(=O)(=O)c2c(F)cc(Cl)cc2F)c2nn[nH]n2)c1C. The molecule has 0 amide bonds. The summed E-state index contributed by atoms with van der Waals surface area (Å²) in [6, 6.07) is 2.92. The van der Waals surface area contributed by atoms with E-state index in [1.165, 1.54) is 6.07 Å². The number of hydrogen-bond acceptors (Lipinski definition) is 5. The summed E-state index contributed by atoms with van der Waals surface area (Å²) >= 11 is 5.57. The van der Waals surface area contributed by atoms with Gasteiger partial charge in [-0.25, -0.2) is 21.6 Å². The molecule has 2 atom stereocenters. The van der Waals surface area contributed by atoms with E-state index in [9.17, 15) is 21.6 Å². The van der Waals surface area contributed by atoms with Crippen LogP contribution in [0.4, 0.5) is 13.2 Å². The van der Waals surface area contributed by atoms with Crippen molar-refractivity contribution in [2.75, 3.05) is 0 Å². The highest BCUT2D eigenvalue weighted by Crippen LogP contribution is 2.35. The van der Waals surface area contributed by atoms with Gasteiger partial charge in [-0.3, -0.25) is 0 Å². The van der Waals surface area contributed by atoms with E-state index >= 15 is 0 Å². The number of H-pyrrole nitrogens is 1. The Balaban J connectivity index is 2.10. The third kappa shape index (κ3) is 4.18. The van der Waals surface area contributed by atoms with Gasteiger partial charge in [0.25, 0.3) is 0 Å². The van der Waals surface area contributed by atoms with Gasteiger partial charge < -0.3 is 0 Å². The highest BCUT2D eigenvalue weighted by molar-refractivity contribution is 7.89. The first kappa shape index (κ1) is 22.2. The van der Waals surface area contributed by atoms with Gasteiger partial charge in [-0.05, 0) is 48.7 Å². The first-order valence-corrected chi connectivity index (χ1v) is 10.5. The van der Waals surface area contributed by atoms with E-state index < -0.39 is 44.3 Å². The van der Waals surface area contributed by atoms with Crippen LogP contribution in [0.1, 0.15) is 41.4 Å². The molecular formula is C18H17ClF3N5O2S. The maximum Gasteiger partial charge on any atom is 0.247 e. The fourth-order valence-electron chi connectivity index (χ4n) is 3.22. The number of aromatic amines is 1. The number of benzene rings is 2. The number of nitrogens with zero attached hydrogens (tertiary/aromatic N) is 3. The molecule has 0 aliphatic heterocycles. The molecule has 1 aromatic heterocycles. The van der Waals surface area contributed by atoms with Crippen molar-refractivity contribution in [3.8, 4) is 0 Å². The summed E-state index contributed by atoms with van der Waals surface area (Å²) in [5.74, 6) is -4.28. The highest BCUT2D eigenvalue weighted by atomic mass is 35.5. The molecule has 0 radical (unpaired) electrons. The van der Waals surface area contributed by atoms with Crippen molar-refractivity contribution in [1.82, 2.24) is 25.3 Å². The Bertz CT molecular complexity index is 1170. The number of rotatable bonds is 6. The summed E-state index contributed by atoms with van der Waals surface area (Å²) in [6.45, 7) is 5.00. The van der Waals surface area contributed by atoms with E-state index in [-0.39, 0.29) is 16.4 Å². The molecule has 0 bridgehead atoms. The second kappa shape index (κ2) is 8.32. The van der Waals surface area contributed by atoms with Gasteiger partial charge in [-0.1, -0.05) is 29.8 Å². The molecule has 2 aromatic carbocycles. The molecule has 1 heterocycles. The van der Waals surface area contributed by atoms with E-state index in [0.29, 0.717) is 17.7 Å². The average molecular weight is 460 g/mol. The average Bonchev–Trinajstić information content (AvgIpc) is 3.16. The zero-order chi connectivity index (χ0) is 22.2. The van der Waals surface area contributed by atoms with E-state index in [1.54, 1.807) is 26.8 Å². The van der Waals surface area contributed by atoms with Crippen LogP contribution in [0.15, 0.2) is 29.2 Å². The van der Waals surface area contributed by atoms with Crippen LogP contribution in [-0.4, -0.2) is 29.0 Å². The molecule has 12 heteroatoms. The van der Waals surface area contributed by atoms with Crippen LogP contribution in [0, 0.1) is 31.3 Å². The van der Waals surface area contributed by atoms with E-state index in [4.69, 9.17) is 11.6 Å². The lowest BCUT2D eigenvalue weighted by Gasteiger charge is -2.25.